The van der Waals surface area contributed by atoms with Crippen LogP contribution in [0.1, 0.15) is 20.3 Å². The quantitative estimate of drug-likeness (QED) is 0.711. The second-order valence-corrected chi connectivity index (χ2v) is 5.92. The van der Waals surface area contributed by atoms with Crippen LogP contribution in [-0.2, 0) is 16.1 Å². The van der Waals surface area contributed by atoms with E-state index in [1.807, 2.05) is 4.57 Å². The van der Waals surface area contributed by atoms with E-state index in [1.54, 1.807) is 12.7 Å². The van der Waals surface area contributed by atoms with Crippen LogP contribution in [0.3, 0.4) is 0 Å². The molecule has 24 heavy (non-hydrogen) atoms. The van der Waals surface area contributed by atoms with Crippen molar-refractivity contribution < 1.29 is 19.8 Å². The maximum absolute atomic E-state index is 8.36. The van der Waals surface area contributed by atoms with Crippen molar-refractivity contribution in [2.75, 3.05) is 33.2 Å². The van der Waals surface area contributed by atoms with E-state index in [1.165, 1.54) is 26.1 Å². The highest BCUT2D eigenvalue weighted by molar-refractivity contribution is 5.33. The monoisotopic (exact) mass is 343 g/mol. The lowest BCUT2D eigenvalue weighted by atomic mass is 10.1. The SMILES string of the molecule is CC(C)N1CCC(CN(C)CCn2cnnc2)C1.O=CO.O=CO. The Labute approximate surface area is 142 Å². The molecule has 2 heterocycles. The van der Waals surface area contributed by atoms with Crippen LogP contribution >= 0.6 is 0 Å². The molecule has 1 unspecified atom stereocenters. The lowest BCUT2D eigenvalue weighted by Crippen LogP contribution is -2.32. The number of hydrogen-bond donors (Lipinski definition) is 2. The first-order valence-corrected chi connectivity index (χ1v) is 7.89. The van der Waals surface area contributed by atoms with Crippen LogP contribution in [0.5, 0.6) is 0 Å². The van der Waals surface area contributed by atoms with Gasteiger partial charge in [-0.3, -0.25) is 9.59 Å². The number of carbonyl (C=O) groups is 2. The molecule has 1 aromatic rings. The fourth-order valence-corrected chi connectivity index (χ4v) is 2.64. The molecule has 138 valence electrons. The predicted octanol–water partition coefficient (Wildman–Crippen LogP) is 0.342. The number of nitrogens with zero attached hydrogens (tertiary/aromatic N) is 5. The van der Waals surface area contributed by atoms with Gasteiger partial charge in [0.15, 0.2) is 0 Å². The van der Waals surface area contributed by atoms with Gasteiger partial charge in [-0.1, -0.05) is 0 Å². The summed E-state index contributed by atoms with van der Waals surface area (Å²) in [7, 11) is 2.21. The van der Waals surface area contributed by atoms with Crippen molar-refractivity contribution in [2.24, 2.45) is 5.92 Å². The molecule has 2 N–H and O–H groups in total. The van der Waals surface area contributed by atoms with Gasteiger partial charge in [0.1, 0.15) is 12.7 Å². The lowest BCUT2D eigenvalue weighted by Gasteiger charge is -2.23. The molecule has 9 heteroatoms. The van der Waals surface area contributed by atoms with Crippen LogP contribution in [0.4, 0.5) is 0 Å². The molecule has 1 atom stereocenters. The number of carboxylic acid groups (broad SMARTS) is 2. The van der Waals surface area contributed by atoms with Gasteiger partial charge in [-0.25, -0.2) is 0 Å². The van der Waals surface area contributed by atoms with Gasteiger partial charge in [-0.15, -0.1) is 10.2 Å². The summed E-state index contributed by atoms with van der Waals surface area (Å²) in [5.74, 6) is 0.832. The maximum atomic E-state index is 8.36. The van der Waals surface area contributed by atoms with Crippen molar-refractivity contribution in [1.29, 1.82) is 0 Å². The summed E-state index contributed by atoms with van der Waals surface area (Å²) >= 11 is 0. The van der Waals surface area contributed by atoms with Gasteiger partial charge in [0.05, 0.1) is 0 Å². The highest BCUT2D eigenvalue weighted by atomic mass is 16.3. The lowest BCUT2D eigenvalue weighted by molar-refractivity contribution is -0.123. The summed E-state index contributed by atoms with van der Waals surface area (Å²) in [4.78, 5) is 21.7. The third kappa shape index (κ3) is 9.90. The van der Waals surface area contributed by atoms with Gasteiger partial charge >= 0.3 is 0 Å². The third-order valence-corrected chi connectivity index (χ3v) is 3.82. The summed E-state index contributed by atoms with van der Waals surface area (Å²) in [6.07, 6.45) is 4.91. The fraction of sp³-hybridized carbons (Fsp3) is 0.733. The molecular formula is C15H29N5O4. The molecule has 0 radical (unpaired) electrons. The fourth-order valence-electron chi connectivity index (χ4n) is 2.64. The first-order chi connectivity index (χ1) is 11.5. The molecular weight excluding hydrogens is 314 g/mol. The van der Waals surface area contributed by atoms with Crippen LogP contribution in [-0.4, -0.2) is 87.0 Å². The van der Waals surface area contributed by atoms with E-state index in [2.05, 4.69) is 40.9 Å². The Hall–Kier alpha value is -2.00. The largest absolute Gasteiger partial charge is 0.483 e. The van der Waals surface area contributed by atoms with Crippen molar-refractivity contribution in [2.45, 2.75) is 32.9 Å². The zero-order chi connectivity index (χ0) is 18.4. The van der Waals surface area contributed by atoms with Crippen molar-refractivity contribution in [1.82, 2.24) is 24.6 Å². The predicted molar refractivity (Wildman–Crippen MR) is 89.7 cm³/mol. The molecule has 0 spiro atoms. The van der Waals surface area contributed by atoms with Crippen LogP contribution in [0, 0.1) is 5.92 Å². The molecule has 9 nitrogen and oxygen atoms in total. The van der Waals surface area contributed by atoms with Crippen molar-refractivity contribution >= 4 is 12.9 Å². The summed E-state index contributed by atoms with van der Waals surface area (Å²) in [6, 6.07) is 0.692. The highest BCUT2D eigenvalue weighted by Crippen LogP contribution is 2.19. The second-order valence-electron chi connectivity index (χ2n) is 5.92. The molecule has 1 saturated heterocycles. The van der Waals surface area contributed by atoms with Gasteiger partial charge in [0, 0.05) is 32.2 Å². The number of likely N-dealkylation sites (N-methyl/N-ethyl adjacent to an activating group) is 1. The Morgan fingerprint density at radius 2 is 1.79 bits per heavy atom. The van der Waals surface area contributed by atoms with E-state index in [-0.39, 0.29) is 12.9 Å². The smallest absolute Gasteiger partial charge is 0.290 e. The first-order valence-electron chi connectivity index (χ1n) is 7.89. The molecule has 2 rings (SSSR count). The van der Waals surface area contributed by atoms with Crippen LogP contribution < -0.4 is 0 Å². The molecule has 0 aromatic carbocycles. The van der Waals surface area contributed by atoms with Crippen LogP contribution in [0.2, 0.25) is 0 Å². The topological polar surface area (TPSA) is 112 Å². The first kappa shape index (κ1) is 22.0. The van der Waals surface area contributed by atoms with E-state index in [0.29, 0.717) is 6.04 Å². The number of rotatable bonds is 6. The van der Waals surface area contributed by atoms with Gasteiger partial charge < -0.3 is 24.6 Å². The van der Waals surface area contributed by atoms with Crippen LogP contribution in [0.15, 0.2) is 12.7 Å². The minimum Gasteiger partial charge on any atom is -0.483 e. The Morgan fingerprint density at radius 1 is 1.25 bits per heavy atom. The van der Waals surface area contributed by atoms with Gasteiger partial charge in [-0.05, 0) is 39.8 Å². The van der Waals surface area contributed by atoms with Gasteiger partial charge in [0.2, 0.25) is 0 Å². The van der Waals surface area contributed by atoms with Crippen molar-refractivity contribution in [3.05, 3.63) is 12.7 Å². The van der Waals surface area contributed by atoms with E-state index in [4.69, 9.17) is 19.8 Å². The van der Waals surface area contributed by atoms with Gasteiger partial charge in [0.25, 0.3) is 12.9 Å². The Kier molecular flexibility index (Phi) is 12.3. The standard InChI is InChI=1S/C13H25N5.2CH2O2/c1-12(2)18-5-4-13(9-18)8-16(3)6-7-17-10-14-15-11-17;2*2-1-3/h10-13H,4-9H2,1-3H3;2*1H,(H,2,3). The van der Waals surface area contributed by atoms with E-state index >= 15 is 0 Å². The molecule has 1 aliphatic rings. The number of likely N-dealkylation sites (tertiary alicyclic amines) is 1. The molecule has 0 aliphatic carbocycles. The van der Waals surface area contributed by atoms with E-state index < -0.39 is 0 Å². The summed E-state index contributed by atoms with van der Waals surface area (Å²) in [6.45, 7) is 9.85. The molecule has 1 aliphatic heterocycles. The average molecular weight is 343 g/mol. The zero-order valence-corrected chi connectivity index (χ0v) is 14.7. The Morgan fingerprint density at radius 3 is 2.25 bits per heavy atom. The molecule has 1 fully saturated rings. The maximum Gasteiger partial charge on any atom is 0.290 e. The molecule has 1 aromatic heterocycles. The minimum absolute atomic E-state index is 0.250. The zero-order valence-electron chi connectivity index (χ0n) is 14.7. The summed E-state index contributed by atoms with van der Waals surface area (Å²) in [5.41, 5.74) is 0. The Bertz CT molecular complexity index is 422. The minimum atomic E-state index is -0.250. The molecule has 0 saturated carbocycles. The van der Waals surface area contributed by atoms with Crippen molar-refractivity contribution in [3.8, 4) is 0 Å². The number of aromatic nitrogens is 3. The highest BCUT2D eigenvalue weighted by Gasteiger charge is 2.24. The third-order valence-electron chi connectivity index (χ3n) is 3.82. The second kappa shape index (κ2) is 13.4. The summed E-state index contributed by atoms with van der Waals surface area (Å²) in [5, 5.41) is 21.4. The van der Waals surface area contributed by atoms with Crippen LogP contribution in [0.25, 0.3) is 0 Å². The van der Waals surface area contributed by atoms with Gasteiger partial charge in [-0.2, -0.15) is 0 Å². The van der Waals surface area contributed by atoms with Crippen molar-refractivity contribution in [3.63, 3.8) is 0 Å². The van der Waals surface area contributed by atoms with E-state index in [0.717, 1.165) is 19.0 Å². The Balaban J connectivity index is 0.000000772. The summed E-state index contributed by atoms with van der Waals surface area (Å²) < 4.78 is 2.03. The average Bonchev–Trinajstić information content (AvgIpc) is 3.18. The normalized spacial score (nSPS) is 17.0. The number of hydrogen-bond acceptors (Lipinski definition) is 6. The molecule has 0 bridgehead atoms. The molecule has 0 amide bonds. The van der Waals surface area contributed by atoms with E-state index in [9.17, 15) is 0 Å².